The number of hydrogen-bond donors (Lipinski definition) is 1. The Morgan fingerprint density at radius 1 is 1.06 bits per heavy atom. The van der Waals surface area contributed by atoms with Crippen molar-refractivity contribution >= 4 is 40.4 Å². The van der Waals surface area contributed by atoms with Crippen LogP contribution in [0.25, 0.3) is 5.65 Å². The van der Waals surface area contributed by atoms with E-state index in [1.807, 2.05) is 37.3 Å². The minimum atomic E-state index is -0.164. The molecule has 3 heterocycles. The topological polar surface area (TPSA) is 58.9 Å². The number of carbonyl (C=O) groups is 1. The quantitative estimate of drug-likeness (QED) is 0.343. The van der Waals surface area contributed by atoms with Crippen molar-refractivity contribution in [3.05, 3.63) is 93.9 Å². The van der Waals surface area contributed by atoms with Crippen LogP contribution in [0.15, 0.2) is 66.9 Å². The molecule has 0 spiro atoms. The molecule has 1 fully saturated rings. The molecular formula is C27H26Cl2N4O2. The summed E-state index contributed by atoms with van der Waals surface area (Å²) in [6.07, 6.45) is 3.49. The second-order valence-electron chi connectivity index (χ2n) is 8.61. The molecule has 1 saturated heterocycles. The summed E-state index contributed by atoms with van der Waals surface area (Å²) in [5.74, 6) is 0.675. The van der Waals surface area contributed by atoms with Gasteiger partial charge >= 0.3 is 0 Å². The lowest BCUT2D eigenvalue weighted by Gasteiger charge is -2.19. The number of ether oxygens (including phenoxy) is 1. The largest absolute Gasteiger partial charge is 0.489 e. The molecule has 1 aliphatic rings. The van der Waals surface area contributed by atoms with Gasteiger partial charge in [-0.3, -0.25) is 9.20 Å². The Labute approximate surface area is 214 Å². The van der Waals surface area contributed by atoms with Gasteiger partial charge in [-0.2, -0.15) is 0 Å². The average molecular weight is 509 g/mol. The molecule has 1 atom stereocenters. The van der Waals surface area contributed by atoms with Gasteiger partial charge in [0, 0.05) is 36.4 Å². The number of aryl methyl sites for hydroxylation is 1. The smallest absolute Gasteiger partial charge is 0.270 e. The Hall–Kier alpha value is -3.22. The summed E-state index contributed by atoms with van der Waals surface area (Å²) < 4.78 is 7.86. The molecule has 8 heteroatoms. The molecule has 0 bridgehead atoms. The molecule has 0 radical (unpaired) electrons. The lowest BCUT2D eigenvalue weighted by Crippen LogP contribution is -2.26. The number of imidazole rings is 1. The fraction of sp³-hybridized carbons (Fsp3) is 0.259. The molecular weight excluding hydrogens is 483 g/mol. The van der Waals surface area contributed by atoms with Crippen LogP contribution in [-0.4, -0.2) is 34.5 Å². The summed E-state index contributed by atoms with van der Waals surface area (Å²) in [6, 6.07) is 19.4. The average Bonchev–Trinajstić information content (AvgIpc) is 3.48. The zero-order valence-electron chi connectivity index (χ0n) is 19.4. The Balaban J connectivity index is 1.19. The van der Waals surface area contributed by atoms with E-state index in [1.54, 1.807) is 16.7 Å². The van der Waals surface area contributed by atoms with E-state index in [1.165, 1.54) is 0 Å². The molecule has 180 valence electrons. The second-order valence-corrected chi connectivity index (χ2v) is 9.49. The Morgan fingerprint density at radius 3 is 2.54 bits per heavy atom. The van der Waals surface area contributed by atoms with Crippen LogP contribution in [0.2, 0.25) is 10.0 Å². The highest BCUT2D eigenvalue weighted by Gasteiger charge is 2.24. The third-order valence-corrected chi connectivity index (χ3v) is 6.70. The molecule has 5 rings (SSSR count). The highest BCUT2D eigenvalue weighted by Crippen LogP contribution is 2.25. The first-order valence-corrected chi connectivity index (χ1v) is 12.5. The molecule has 2 aromatic heterocycles. The van der Waals surface area contributed by atoms with Gasteiger partial charge < -0.3 is 15.0 Å². The predicted molar refractivity (Wildman–Crippen MR) is 140 cm³/mol. The summed E-state index contributed by atoms with van der Waals surface area (Å²) in [4.78, 5) is 19.9. The van der Waals surface area contributed by atoms with E-state index in [0.717, 1.165) is 42.2 Å². The number of hydrogen-bond acceptors (Lipinski definition) is 4. The number of fused-ring (bicyclic) bond motifs is 1. The maximum absolute atomic E-state index is 13.0. The van der Waals surface area contributed by atoms with E-state index in [9.17, 15) is 4.79 Å². The van der Waals surface area contributed by atoms with Gasteiger partial charge in [-0.25, -0.2) is 4.98 Å². The first-order chi connectivity index (χ1) is 17.0. The fourth-order valence-electron chi connectivity index (χ4n) is 4.41. The van der Waals surface area contributed by atoms with Gasteiger partial charge in [-0.1, -0.05) is 42.3 Å². The van der Waals surface area contributed by atoms with E-state index in [2.05, 4.69) is 39.5 Å². The van der Waals surface area contributed by atoms with Crippen molar-refractivity contribution in [1.82, 2.24) is 14.7 Å². The van der Waals surface area contributed by atoms with Crippen LogP contribution in [-0.2, 0) is 13.0 Å². The number of nitrogens with one attached hydrogen (secondary N) is 1. The summed E-state index contributed by atoms with van der Waals surface area (Å²) in [6.45, 7) is 4.18. The normalized spacial score (nSPS) is 15.5. The first-order valence-electron chi connectivity index (χ1n) is 11.7. The van der Waals surface area contributed by atoms with E-state index in [0.29, 0.717) is 34.4 Å². The Kier molecular flexibility index (Phi) is 6.84. The lowest BCUT2D eigenvalue weighted by atomic mass is 10.2. The predicted octanol–water partition coefficient (Wildman–Crippen LogP) is 5.79. The molecule has 1 N–H and O–H groups in total. The maximum atomic E-state index is 13.0. The molecule has 0 aliphatic carbocycles. The SMILES string of the molecule is CCc1nc2ccc(Cl)cn2c1C(=O)NCc1ccc(N2CCC(Oc3ccc(Cl)cc3)C2)cc1. The van der Waals surface area contributed by atoms with Crippen molar-refractivity contribution in [2.45, 2.75) is 32.4 Å². The molecule has 2 aromatic carbocycles. The molecule has 35 heavy (non-hydrogen) atoms. The minimum absolute atomic E-state index is 0.141. The number of halogens is 2. The Morgan fingerprint density at radius 2 is 1.80 bits per heavy atom. The van der Waals surface area contributed by atoms with E-state index >= 15 is 0 Å². The third-order valence-electron chi connectivity index (χ3n) is 6.22. The van der Waals surface area contributed by atoms with Crippen LogP contribution in [0.3, 0.4) is 0 Å². The van der Waals surface area contributed by atoms with E-state index in [-0.39, 0.29) is 12.0 Å². The maximum Gasteiger partial charge on any atom is 0.270 e. The standard InChI is InChI=1S/C27H26Cl2N4O2/c1-2-24-26(33-16-20(29)7-12-25(33)31-24)27(34)30-15-18-3-8-21(9-4-18)32-14-13-23(17-32)35-22-10-5-19(28)6-11-22/h3-12,16,23H,2,13-15,17H2,1H3,(H,30,34). The molecule has 6 nitrogen and oxygen atoms in total. The third kappa shape index (κ3) is 5.24. The zero-order chi connectivity index (χ0) is 24.4. The number of benzene rings is 2. The Bertz CT molecular complexity index is 1340. The van der Waals surface area contributed by atoms with Gasteiger partial charge in [0.15, 0.2) is 0 Å². The monoisotopic (exact) mass is 508 g/mol. The lowest BCUT2D eigenvalue weighted by molar-refractivity contribution is 0.0944. The van der Waals surface area contributed by atoms with Crippen molar-refractivity contribution in [1.29, 1.82) is 0 Å². The van der Waals surface area contributed by atoms with E-state index in [4.69, 9.17) is 27.9 Å². The van der Waals surface area contributed by atoms with Gasteiger partial charge in [-0.05, 0) is 60.5 Å². The van der Waals surface area contributed by atoms with Crippen LogP contribution in [0.5, 0.6) is 5.75 Å². The molecule has 0 saturated carbocycles. The first kappa shape index (κ1) is 23.5. The number of anilines is 1. The molecule has 1 amide bonds. The fourth-order valence-corrected chi connectivity index (χ4v) is 4.70. The van der Waals surface area contributed by atoms with Gasteiger partial charge in [0.05, 0.1) is 17.3 Å². The van der Waals surface area contributed by atoms with Crippen LogP contribution in [0, 0.1) is 0 Å². The summed E-state index contributed by atoms with van der Waals surface area (Å²) >= 11 is 12.1. The van der Waals surface area contributed by atoms with E-state index < -0.39 is 0 Å². The van der Waals surface area contributed by atoms with Crippen LogP contribution >= 0.6 is 23.2 Å². The van der Waals surface area contributed by atoms with Gasteiger partial charge in [0.25, 0.3) is 5.91 Å². The number of rotatable bonds is 7. The molecule has 4 aromatic rings. The van der Waals surface area contributed by atoms with Crippen molar-refractivity contribution in [2.24, 2.45) is 0 Å². The van der Waals surface area contributed by atoms with Crippen molar-refractivity contribution in [3.8, 4) is 5.75 Å². The summed E-state index contributed by atoms with van der Waals surface area (Å²) in [5.41, 5.74) is 4.17. The van der Waals surface area contributed by atoms with Crippen LogP contribution < -0.4 is 15.0 Å². The zero-order valence-corrected chi connectivity index (χ0v) is 20.9. The van der Waals surface area contributed by atoms with Crippen molar-refractivity contribution in [3.63, 3.8) is 0 Å². The second kappa shape index (κ2) is 10.2. The molecule has 1 aliphatic heterocycles. The summed E-state index contributed by atoms with van der Waals surface area (Å²) in [7, 11) is 0. The summed E-state index contributed by atoms with van der Waals surface area (Å²) in [5, 5.41) is 4.29. The van der Waals surface area contributed by atoms with Crippen LogP contribution in [0.4, 0.5) is 5.69 Å². The minimum Gasteiger partial charge on any atom is -0.489 e. The number of aromatic nitrogens is 2. The molecule has 1 unspecified atom stereocenters. The highest BCUT2D eigenvalue weighted by atomic mass is 35.5. The van der Waals surface area contributed by atoms with Crippen molar-refractivity contribution < 1.29 is 9.53 Å². The van der Waals surface area contributed by atoms with Crippen LogP contribution in [0.1, 0.15) is 35.1 Å². The van der Waals surface area contributed by atoms with Gasteiger partial charge in [-0.15, -0.1) is 0 Å². The van der Waals surface area contributed by atoms with Gasteiger partial charge in [0.2, 0.25) is 0 Å². The number of nitrogens with zero attached hydrogens (tertiary/aromatic N) is 3. The number of pyridine rings is 1. The van der Waals surface area contributed by atoms with Gasteiger partial charge in [0.1, 0.15) is 23.2 Å². The highest BCUT2D eigenvalue weighted by molar-refractivity contribution is 6.30. The number of amides is 1. The number of carbonyl (C=O) groups excluding carboxylic acids is 1. The van der Waals surface area contributed by atoms with Crippen molar-refractivity contribution in [2.75, 3.05) is 18.0 Å².